The second-order valence-electron chi connectivity index (χ2n) is 9.77. The van der Waals surface area contributed by atoms with Crippen molar-refractivity contribution in [3.63, 3.8) is 0 Å². The van der Waals surface area contributed by atoms with E-state index in [1.165, 1.54) is 22.3 Å². The number of anilines is 1. The third-order valence-corrected chi connectivity index (χ3v) is 7.54. The van der Waals surface area contributed by atoms with Crippen LogP contribution in [0.5, 0.6) is 0 Å². The molecule has 1 N–H and O–H groups in total. The molecule has 3 heterocycles. The van der Waals surface area contributed by atoms with Gasteiger partial charge in [-0.05, 0) is 73.9 Å². The first-order chi connectivity index (χ1) is 17.0. The van der Waals surface area contributed by atoms with Gasteiger partial charge in [-0.3, -0.25) is 9.36 Å². The Morgan fingerprint density at radius 2 is 1.80 bits per heavy atom. The van der Waals surface area contributed by atoms with Gasteiger partial charge >= 0.3 is 0 Å². The predicted octanol–water partition coefficient (Wildman–Crippen LogP) is 4.65. The minimum Gasteiger partial charge on any atom is -0.354 e. The SMILES string of the molecule is [C-]#[N+]c1ccc(-c2nc(N3CCC4CNCC4C3)c(F)c(=O)n2-c2ccc(C3CC3)cc2)cc1F. The van der Waals surface area contributed by atoms with E-state index < -0.39 is 17.2 Å². The maximum Gasteiger partial charge on any atom is 0.296 e. The molecule has 1 saturated carbocycles. The monoisotopic (exact) mass is 473 g/mol. The molecule has 0 spiro atoms. The normalized spacial score (nSPS) is 21.6. The lowest BCUT2D eigenvalue weighted by molar-refractivity contribution is 0.345. The third kappa shape index (κ3) is 3.90. The van der Waals surface area contributed by atoms with Gasteiger partial charge in [0.15, 0.2) is 5.82 Å². The molecule has 35 heavy (non-hydrogen) atoms. The van der Waals surface area contributed by atoms with Gasteiger partial charge in [-0.2, -0.15) is 4.39 Å². The smallest absolute Gasteiger partial charge is 0.296 e. The van der Waals surface area contributed by atoms with Crippen LogP contribution in [0.3, 0.4) is 0 Å². The zero-order valence-corrected chi connectivity index (χ0v) is 19.2. The molecule has 2 aromatic carbocycles. The summed E-state index contributed by atoms with van der Waals surface area (Å²) in [6, 6.07) is 11.6. The molecule has 2 saturated heterocycles. The van der Waals surface area contributed by atoms with E-state index in [4.69, 9.17) is 6.57 Å². The van der Waals surface area contributed by atoms with Gasteiger partial charge in [0.05, 0.1) is 12.3 Å². The van der Waals surface area contributed by atoms with Crippen molar-refractivity contribution in [2.24, 2.45) is 11.8 Å². The van der Waals surface area contributed by atoms with Crippen molar-refractivity contribution < 1.29 is 8.78 Å². The number of fused-ring (bicyclic) bond motifs is 1. The first-order valence-corrected chi connectivity index (χ1v) is 12.1. The number of nitrogens with one attached hydrogen (secondary N) is 1. The molecule has 8 heteroatoms. The maximum atomic E-state index is 15.6. The minimum absolute atomic E-state index is 0.0101. The molecule has 0 amide bonds. The molecule has 0 bridgehead atoms. The highest BCUT2D eigenvalue weighted by molar-refractivity contribution is 5.65. The lowest BCUT2D eigenvalue weighted by atomic mass is 9.89. The molecule has 3 aliphatic rings. The molecule has 178 valence electrons. The van der Waals surface area contributed by atoms with Gasteiger partial charge in [-0.25, -0.2) is 14.2 Å². The number of nitrogens with zero attached hydrogens (tertiary/aromatic N) is 4. The summed E-state index contributed by atoms with van der Waals surface area (Å²) in [5, 5.41) is 3.39. The largest absolute Gasteiger partial charge is 0.354 e. The van der Waals surface area contributed by atoms with Crippen molar-refractivity contribution in [3.05, 3.63) is 81.4 Å². The van der Waals surface area contributed by atoms with Crippen LogP contribution >= 0.6 is 0 Å². The first-order valence-electron chi connectivity index (χ1n) is 12.1. The van der Waals surface area contributed by atoms with E-state index in [1.54, 1.807) is 18.2 Å². The first kappa shape index (κ1) is 21.9. The van der Waals surface area contributed by atoms with Crippen LogP contribution in [-0.4, -0.2) is 35.7 Å². The molecule has 1 aromatic heterocycles. The quantitative estimate of drug-likeness (QED) is 0.561. The molecule has 2 aliphatic heterocycles. The molecule has 3 fully saturated rings. The van der Waals surface area contributed by atoms with Crippen LogP contribution in [0, 0.1) is 30.0 Å². The summed E-state index contributed by atoms with van der Waals surface area (Å²) in [5.74, 6) is 0.0358. The zero-order chi connectivity index (χ0) is 24.1. The molecule has 6 nitrogen and oxygen atoms in total. The van der Waals surface area contributed by atoms with Crippen LogP contribution < -0.4 is 15.8 Å². The van der Waals surface area contributed by atoms with E-state index >= 15 is 4.39 Å². The van der Waals surface area contributed by atoms with Crippen molar-refractivity contribution in [1.29, 1.82) is 0 Å². The fourth-order valence-electron chi connectivity index (χ4n) is 5.41. The summed E-state index contributed by atoms with van der Waals surface area (Å²) >= 11 is 0. The van der Waals surface area contributed by atoms with E-state index in [0.717, 1.165) is 32.4 Å². The number of hydrogen-bond acceptors (Lipinski definition) is 4. The average Bonchev–Trinajstić information content (AvgIpc) is 3.62. The second kappa shape index (κ2) is 8.58. The van der Waals surface area contributed by atoms with Crippen molar-refractivity contribution in [3.8, 4) is 17.1 Å². The summed E-state index contributed by atoms with van der Waals surface area (Å²) in [7, 11) is 0. The predicted molar refractivity (Wildman–Crippen MR) is 130 cm³/mol. The van der Waals surface area contributed by atoms with Gasteiger partial charge in [0.2, 0.25) is 11.5 Å². The number of benzene rings is 2. The second-order valence-corrected chi connectivity index (χ2v) is 9.77. The Morgan fingerprint density at radius 1 is 1.03 bits per heavy atom. The molecular formula is C27H25F2N5O. The number of aromatic nitrogens is 2. The van der Waals surface area contributed by atoms with E-state index in [9.17, 15) is 9.18 Å². The third-order valence-electron chi connectivity index (χ3n) is 7.54. The number of hydrogen-bond donors (Lipinski definition) is 1. The van der Waals surface area contributed by atoms with Crippen LogP contribution in [0.1, 0.15) is 30.7 Å². The topological polar surface area (TPSA) is 54.5 Å². The van der Waals surface area contributed by atoms with E-state index in [0.29, 0.717) is 42.1 Å². The Kier molecular flexibility index (Phi) is 5.37. The summed E-state index contributed by atoms with van der Waals surface area (Å²) in [6.45, 7) is 10.2. The van der Waals surface area contributed by atoms with Crippen LogP contribution in [-0.2, 0) is 0 Å². The Morgan fingerprint density at radius 3 is 2.51 bits per heavy atom. The number of rotatable bonds is 4. The number of piperidine rings is 1. The lowest BCUT2D eigenvalue weighted by Gasteiger charge is -2.35. The fourth-order valence-corrected chi connectivity index (χ4v) is 5.41. The molecule has 3 aromatic rings. The fraction of sp³-hybridized carbons (Fsp3) is 0.370. The summed E-state index contributed by atoms with van der Waals surface area (Å²) in [6.07, 6.45) is 3.19. The molecule has 1 aliphatic carbocycles. The highest BCUT2D eigenvalue weighted by atomic mass is 19.1. The van der Waals surface area contributed by atoms with Gasteiger partial charge in [-0.15, -0.1) is 0 Å². The van der Waals surface area contributed by atoms with Gasteiger partial charge in [0.25, 0.3) is 5.56 Å². The Hall–Kier alpha value is -3.57. The molecule has 6 rings (SSSR count). The van der Waals surface area contributed by atoms with Gasteiger partial charge < -0.3 is 10.2 Å². The molecule has 2 unspecified atom stereocenters. The van der Waals surface area contributed by atoms with Crippen LogP contribution in [0.15, 0.2) is 47.3 Å². The van der Waals surface area contributed by atoms with Crippen molar-refractivity contribution in [2.75, 3.05) is 31.1 Å². The summed E-state index contributed by atoms with van der Waals surface area (Å²) < 4.78 is 31.4. The van der Waals surface area contributed by atoms with E-state index in [-0.39, 0.29) is 17.3 Å². The van der Waals surface area contributed by atoms with Gasteiger partial charge in [0.1, 0.15) is 11.6 Å². The van der Waals surface area contributed by atoms with Crippen molar-refractivity contribution >= 4 is 11.5 Å². The maximum absolute atomic E-state index is 15.6. The highest BCUT2D eigenvalue weighted by Crippen LogP contribution is 2.40. The number of halogens is 2. The van der Waals surface area contributed by atoms with Gasteiger partial charge in [0, 0.05) is 18.7 Å². The standard InChI is InChI=1S/C27H25F2N5O/c1-30-23-9-6-18(12-22(23)28)25-32-26(33-11-10-19-13-31-14-20(19)15-33)24(29)27(35)34(25)21-7-4-17(5-8-21)16-2-3-16/h4-9,12,16,19-20,31H,2-3,10-11,13-15H2. The van der Waals surface area contributed by atoms with Crippen molar-refractivity contribution in [2.45, 2.75) is 25.2 Å². The van der Waals surface area contributed by atoms with E-state index in [1.807, 2.05) is 17.0 Å². The van der Waals surface area contributed by atoms with Crippen LogP contribution in [0.4, 0.5) is 20.3 Å². The Labute approximate surface area is 202 Å². The average molecular weight is 474 g/mol. The minimum atomic E-state index is -0.900. The highest BCUT2D eigenvalue weighted by Gasteiger charge is 2.35. The van der Waals surface area contributed by atoms with Crippen molar-refractivity contribution in [1.82, 2.24) is 14.9 Å². The summed E-state index contributed by atoms with van der Waals surface area (Å²) in [4.78, 5) is 23.1. The van der Waals surface area contributed by atoms with Crippen LogP contribution in [0.2, 0.25) is 0 Å². The van der Waals surface area contributed by atoms with Gasteiger partial charge in [-0.1, -0.05) is 24.3 Å². The Balaban J connectivity index is 1.49. The molecule has 0 radical (unpaired) electrons. The van der Waals surface area contributed by atoms with Crippen LogP contribution in [0.25, 0.3) is 21.9 Å². The molecule has 2 atom stereocenters. The Bertz CT molecular complexity index is 1390. The molecular weight excluding hydrogens is 448 g/mol. The summed E-state index contributed by atoms with van der Waals surface area (Å²) in [5.41, 5.74) is 1.05. The lowest BCUT2D eigenvalue weighted by Crippen LogP contribution is -2.42. The van der Waals surface area contributed by atoms with E-state index in [2.05, 4.69) is 15.1 Å². The zero-order valence-electron chi connectivity index (χ0n) is 19.2.